The van der Waals surface area contributed by atoms with Gasteiger partial charge in [0.15, 0.2) is 20.7 Å². The molecule has 3 rings (SSSR count). The first-order chi connectivity index (χ1) is 14.7. The van der Waals surface area contributed by atoms with Gasteiger partial charge < -0.3 is 4.74 Å². The largest absolute Gasteiger partial charge is 0.491 e. The topological polar surface area (TPSA) is 119 Å². The quantitative estimate of drug-likeness (QED) is 0.493. The molecule has 0 bridgehead atoms. The van der Waals surface area contributed by atoms with Crippen LogP contribution in [0.3, 0.4) is 0 Å². The summed E-state index contributed by atoms with van der Waals surface area (Å²) >= 11 is 16.7. The molecule has 0 aliphatic carbocycles. The van der Waals surface area contributed by atoms with Crippen molar-refractivity contribution >= 4 is 44.6 Å². The van der Waals surface area contributed by atoms with Crippen LogP contribution in [0, 0.1) is 11.3 Å². The maximum Gasteiger partial charge on any atom is 0.200 e. The van der Waals surface area contributed by atoms with Crippen LogP contribution in [0.1, 0.15) is 24.8 Å². The van der Waals surface area contributed by atoms with Gasteiger partial charge in [0.25, 0.3) is 0 Å². The average molecular weight is 501 g/mol. The lowest BCUT2D eigenvalue weighted by molar-refractivity contribution is 0.242. The average Bonchev–Trinajstić information content (AvgIpc) is 2.72. The van der Waals surface area contributed by atoms with Crippen molar-refractivity contribution in [3.8, 4) is 11.8 Å². The zero-order valence-corrected chi connectivity index (χ0v) is 19.4. The van der Waals surface area contributed by atoms with Crippen LogP contribution in [0.15, 0.2) is 53.9 Å². The number of benzene rings is 1. The van der Waals surface area contributed by atoms with Crippen molar-refractivity contribution in [1.29, 1.82) is 5.26 Å². The zero-order valence-electron chi connectivity index (χ0n) is 16.3. The fraction of sp³-hybridized carbons (Fsp3) is 0.211. The van der Waals surface area contributed by atoms with E-state index in [9.17, 15) is 13.7 Å². The summed E-state index contributed by atoms with van der Waals surface area (Å²) in [4.78, 5) is 14.9. The molecule has 0 spiro atoms. The van der Waals surface area contributed by atoms with Gasteiger partial charge in [-0.1, -0.05) is 34.8 Å². The molecule has 2 aromatic heterocycles. The summed E-state index contributed by atoms with van der Waals surface area (Å²) in [5.41, 5.74) is -0.0841. The lowest BCUT2D eigenvalue weighted by Crippen LogP contribution is -2.14. The number of hydrogen-bond donors (Lipinski definition) is 0. The molecule has 8 nitrogen and oxygen atoms in total. The summed E-state index contributed by atoms with van der Waals surface area (Å²) in [6.07, 6.45) is 5.55. The summed E-state index contributed by atoms with van der Waals surface area (Å²) in [5, 5.41) is 8.15. The second-order valence-electron chi connectivity index (χ2n) is 6.06. The summed E-state index contributed by atoms with van der Waals surface area (Å²) in [7, 11) is -3.98. The molecule has 1 atom stereocenters. The Morgan fingerprint density at radius 3 is 1.77 bits per heavy atom. The van der Waals surface area contributed by atoms with Crippen LogP contribution in [-0.2, 0) is 9.84 Å². The SMILES string of the molecule is CC(C)Oc1ccc(S(=O)(=O)C(C#N)c2nccnc2Cl)cc1.Clc1nccnc1Cl. The lowest BCUT2D eigenvalue weighted by atomic mass is 10.3. The van der Waals surface area contributed by atoms with Crippen LogP contribution in [0.5, 0.6) is 5.75 Å². The minimum absolute atomic E-state index is 0.0122. The number of halogens is 3. The van der Waals surface area contributed by atoms with E-state index in [4.69, 9.17) is 39.5 Å². The molecule has 0 saturated carbocycles. The van der Waals surface area contributed by atoms with Gasteiger partial charge in [0, 0.05) is 24.8 Å². The van der Waals surface area contributed by atoms with Crippen LogP contribution in [0.4, 0.5) is 0 Å². The first-order valence-corrected chi connectivity index (χ1v) is 11.3. The van der Waals surface area contributed by atoms with E-state index in [0.29, 0.717) is 5.75 Å². The fourth-order valence-electron chi connectivity index (χ4n) is 2.21. The minimum atomic E-state index is -3.98. The number of ether oxygens (including phenoxy) is 1. The Morgan fingerprint density at radius 1 is 0.871 bits per heavy atom. The molecule has 0 aliphatic rings. The van der Waals surface area contributed by atoms with Gasteiger partial charge in [-0.3, -0.25) is 4.98 Å². The third kappa shape index (κ3) is 6.74. The van der Waals surface area contributed by atoms with Gasteiger partial charge in [0.2, 0.25) is 9.84 Å². The third-order valence-electron chi connectivity index (χ3n) is 3.49. The molecular weight excluding hydrogens is 485 g/mol. The molecule has 0 N–H and O–H groups in total. The van der Waals surface area contributed by atoms with Crippen molar-refractivity contribution in [3.05, 3.63) is 70.2 Å². The van der Waals surface area contributed by atoms with Gasteiger partial charge in [0.05, 0.1) is 17.1 Å². The molecule has 0 saturated heterocycles. The van der Waals surface area contributed by atoms with Gasteiger partial charge in [-0.05, 0) is 38.1 Å². The molecule has 0 fully saturated rings. The molecule has 1 unspecified atom stereocenters. The number of hydrogen-bond acceptors (Lipinski definition) is 8. The van der Waals surface area contributed by atoms with Gasteiger partial charge in [-0.15, -0.1) is 0 Å². The molecule has 3 aromatic rings. The highest BCUT2D eigenvalue weighted by atomic mass is 35.5. The van der Waals surface area contributed by atoms with E-state index in [1.807, 2.05) is 13.8 Å². The number of sulfone groups is 1. The first-order valence-electron chi connectivity index (χ1n) is 8.65. The number of aromatic nitrogens is 4. The molecule has 2 heterocycles. The minimum Gasteiger partial charge on any atom is -0.491 e. The van der Waals surface area contributed by atoms with Crippen molar-refractivity contribution < 1.29 is 13.2 Å². The van der Waals surface area contributed by atoms with E-state index in [1.165, 1.54) is 36.9 Å². The second kappa shape index (κ2) is 11.2. The van der Waals surface area contributed by atoms with Gasteiger partial charge in [-0.2, -0.15) is 5.26 Å². The van der Waals surface area contributed by atoms with Crippen molar-refractivity contribution in [2.75, 3.05) is 0 Å². The number of rotatable bonds is 5. The normalized spacial score (nSPS) is 11.8. The van der Waals surface area contributed by atoms with Crippen molar-refractivity contribution in [3.63, 3.8) is 0 Å². The Balaban J connectivity index is 0.000000357. The van der Waals surface area contributed by atoms with Crippen molar-refractivity contribution in [1.82, 2.24) is 19.9 Å². The summed E-state index contributed by atoms with van der Waals surface area (Å²) < 4.78 is 30.8. The third-order valence-corrected chi connectivity index (χ3v) is 6.31. The van der Waals surface area contributed by atoms with Gasteiger partial charge >= 0.3 is 0 Å². The fourth-order valence-corrected chi connectivity index (χ4v) is 4.09. The van der Waals surface area contributed by atoms with E-state index < -0.39 is 15.1 Å². The van der Waals surface area contributed by atoms with Gasteiger partial charge in [-0.25, -0.2) is 23.4 Å². The number of nitriles is 1. The van der Waals surface area contributed by atoms with Crippen LogP contribution in [0.2, 0.25) is 15.5 Å². The summed E-state index contributed by atoms with van der Waals surface area (Å²) in [5.74, 6) is 0.546. The van der Waals surface area contributed by atoms with Crippen molar-refractivity contribution in [2.45, 2.75) is 30.1 Å². The molecule has 0 radical (unpaired) electrons. The predicted octanol–water partition coefficient (Wildman–Crippen LogP) is 4.74. The Kier molecular flexibility index (Phi) is 8.95. The van der Waals surface area contributed by atoms with E-state index in [2.05, 4.69) is 19.9 Å². The molecule has 12 heteroatoms. The van der Waals surface area contributed by atoms with E-state index in [-0.39, 0.29) is 32.2 Å². The Bertz CT molecular complexity index is 1150. The molecule has 162 valence electrons. The highest BCUT2D eigenvalue weighted by Crippen LogP contribution is 2.31. The summed E-state index contributed by atoms with van der Waals surface area (Å²) in [6.45, 7) is 3.73. The van der Waals surface area contributed by atoms with Crippen LogP contribution in [0.25, 0.3) is 0 Å². The van der Waals surface area contributed by atoms with E-state index in [1.54, 1.807) is 18.2 Å². The smallest absolute Gasteiger partial charge is 0.200 e. The van der Waals surface area contributed by atoms with Crippen LogP contribution >= 0.6 is 34.8 Å². The molecule has 1 aromatic carbocycles. The van der Waals surface area contributed by atoms with Crippen LogP contribution in [-0.4, -0.2) is 34.5 Å². The van der Waals surface area contributed by atoms with Crippen LogP contribution < -0.4 is 4.74 Å². The predicted molar refractivity (Wildman–Crippen MR) is 117 cm³/mol. The van der Waals surface area contributed by atoms with E-state index in [0.717, 1.165) is 0 Å². The molecule has 31 heavy (non-hydrogen) atoms. The highest BCUT2D eigenvalue weighted by molar-refractivity contribution is 7.92. The standard InChI is InChI=1S/C15H14ClN3O3S.C4H2Cl2N2/c1-10(2)22-11-3-5-12(6-4-11)23(20,21)13(9-17)14-15(16)19-8-7-18-14;5-3-4(6)8-2-1-7-3/h3-8,10,13H,1-2H3;1-2H. The highest BCUT2D eigenvalue weighted by Gasteiger charge is 2.32. The maximum atomic E-state index is 12.7. The Morgan fingerprint density at radius 2 is 1.35 bits per heavy atom. The van der Waals surface area contributed by atoms with Crippen molar-refractivity contribution in [2.24, 2.45) is 0 Å². The Hall–Kier alpha value is -2.51. The monoisotopic (exact) mass is 499 g/mol. The molecule has 0 aliphatic heterocycles. The molecule has 0 amide bonds. The maximum absolute atomic E-state index is 12.7. The van der Waals surface area contributed by atoms with E-state index >= 15 is 0 Å². The summed E-state index contributed by atoms with van der Waals surface area (Å²) in [6, 6.07) is 7.60. The number of nitrogens with zero attached hydrogens (tertiary/aromatic N) is 5. The lowest BCUT2D eigenvalue weighted by Gasteiger charge is -2.13. The first kappa shape index (κ1) is 24.8. The van der Waals surface area contributed by atoms with Gasteiger partial charge in [0.1, 0.15) is 11.4 Å². The second-order valence-corrected chi connectivity index (χ2v) is 9.17. The zero-order chi connectivity index (χ0) is 23.0. The molecular formula is C19H16Cl3N5O3S. The Labute approximate surface area is 194 Å².